The van der Waals surface area contributed by atoms with Crippen LogP contribution in [0.25, 0.3) is 0 Å². The lowest BCUT2D eigenvalue weighted by Gasteiger charge is -2.16. The molecule has 5 heteroatoms. The standard InChI is InChI=1S/C14H20ClNO3/c1-16(9-3-4-14(17)18-2)10-11-19-13-7-5-12(15)6-8-13/h5-8H,3-4,9-11H2,1-2H3. The van der Waals surface area contributed by atoms with Gasteiger partial charge in [0.25, 0.3) is 0 Å². The van der Waals surface area contributed by atoms with Gasteiger partial charge in [-0.25, -0.2) is 0 Å². The van der Waals surface area contributed by atoms with Crippen molar-refractivity contribution in [1.29, 1.82) is 0 Å². The first-order valence-corrected chi connectivity index (χ1v) is 6.63. The Bertz CT molecular complexity index is 381. The molecule has 0 saturated carbocycles. The number of hydrogen-bond donors (Lipinski definition) is 0. The molecule has 1 aromatic carbocycles. The topological polar surface area (TPSA) is 38.8 Å². The quantitative estimate of drug-likeness (QED) is 0.688. The monoisotopic (exact) mass is 285 g/mol. The Morgan fingerprint density at radius 2 is 1.95 bits per heavy atom. The molecule has 0 bridgehead atoms. The number of carbonyl (C=O) groups is 1. The molecule has 0 spiro atoms. The summed E-state index contributed by atoms with van der Waals surface area (Å²) in [6.45, 7) is 2.26. The highest BCUT2D eigenvalue weighted by Crippen LogP contribution is 2.15. The van der Waals surface area contributed by atoms with Crippen LogP contribution in [-0.2, 0) is 9.53 Å². The van der Waals surface area contributed by atoms with Crippen LogP contribution in [-0.4, -0.2) is 44.7 Å². The molecule has 1 aromatic rings. The third kappa shape index (κ3) is 7.03. The Morgan fingerprint density at radius 3 is 2.58 bits per heavy atom. The van der Waals surface area contributed by atoms with Crippen LogP contribution in [0.15, 0.2) is 24.3 Å². The second kappa shape index (κ2) is 8.77. The summed E-state index contributed by atoms with van der Waals surface area (Å²) < 4.78 is 10.2. The van der Waals surface area contributed by atoms with Crippen LogP contribution in [0.2, 0.25) is 5.02 Å². The molecule has 4 nitrogen and oxygen atoms in total. The van der Waals surface area contributed by atoms with Crippen LogP contribution in [0.3, 0.4) is 0 Å². The van der Waals surface area contributed by atoms with Gasteiger partial charge in [-0.3, -0.25) is 4.79 Å². The van der Waals surface area contributed by atoms with Gasteiger partial charge in [0, 0.05) is 18.0 Å². The molecule has 106 valence electrons. The van der Waals surface area contributed by atoms with Gasteiger partial charge in [0.2, 0.25) is 0 Å². The fourth-order valence-electron chi connectivity index (χ4n) is 1.56. The van der Waals surface area contributed by atoms with Gasteiger partial charge in [0.05, 0.1) is 7.11 Å². The molecule has 0 atom stereocenters. The van der Waals surface area contributed by atoms with E-state index in [1.807, 2.05) is 19.2 Å². The molecule has 0 saturated heterocycles. The maximum absolute atomic E-state index is 10.9. The van der Waals surface area contributed by atoms with Crippen molar-refractivity contribution in [2.45, 2.75) is 12.8 Å². The number of halogens is 1. The van der Waals surface area contributed by atoms with E-state index in [2.05, 4.69) is 9.64 Å². The van der Waals surface area contributed by atoms with Crippen molar-refractivity contribution < 1.29 is 14.3 Å². The van der Waals surface area contributed by atoms with E-state index in [9.17, 15) is 4.79 Å². The van der Waals surface area contributed by atoms with Crippen LogP contribution in [0.5, 0.6) is 5.75 Å². The lowest BCUT2D eigenvalue weighted by atomic mass is 10.3. The molecule has 0 N–H and O–H groups in total. The maximum atomic E-state index is 10.9. The summed E-state index contributed by atoms with van der Waals surface area (Å²) in [5.41, 5.74) is 0. The fraction of sp³-hybridized carbons (Fsp3) is 0.500. The number of hydrogen-bond acceptors (Lipinski definition) is 4. The molecular weight excluding hydrogens is 266 g/mol. The molecule has 19 heavy (non-hydrogen) atoms. The Morgan fingerprint density at radius 1 is 1.26 bits per heavy atom. The Hall–Kier alpha value is -1.26. The van der Waals surface area contributed by atoms with Gasteiger partial charge in [-0.15, -0.1) is 0 Å². The average Bonchev–Trinajstić information content (AvgIpc) is 2.41. The number of rotatable bonds is 8. The van der Waals surface area contributed by atoms with Crippen molar-refractivity contribution in [1.82, 2.24) is 4.90 Å². The van der Waals surface area contributed by atoms with Crippen LogP contribution in [0.1, 0.15) is 12.8 Å². The van der Waals surface area contributed by atoms with E-state index in [4.69, 9.17) is 16.3 Å². The predicted octanol–water partition coefficient (Wildman–Crippen LogP) is 2.60. The highest BCUT2D eigenvalue weighted by atomic mass is 35.5. The molecule has 0 aliphatic carbocycles. The van der Waals surface area contributed by atoms with Crippen molar-refractivity contribution in [3.63, 3.8) is 0 Å². The molecule has 0 radical (unpaired) electrons. The third-order valence-electron chi connectivity index (χ3n) is 2.70. The minimum absolute atomic E-state index is 0.161. The molecule has 0 fully saturated rings. The largest absolute Gasteiger partial charge is 0.492 e. The first kappa shape index (κ1) is 15.8. The van der Waals surface area contributed by atoms with Crippen LogP contribution in [0.4, 0.5) is 0 Å². The van der Waals surface area contributed by atoms with E-state index in [0.29, 0.717) is 18.1 Å². The summed E-state index contributed by atoms with van der Waals surface area (Å²) in [4.78, 5) is 13.1. The highest BCUT2D eigenvalue weighted by molar-refractivity contribution is 6.30. The van der Waals surface area contributed by atoms with E-state index in [0.717, 1.165) is 25.3 Å². The summed E-state index contributed by atoms with van der Waals surface area (Å²) >= 11 is 5.79. The van der Waals surface area contributed by atoms with Gasteiger partial charge in [-0.2, -0.15) is 0 Å². The molecule has 0 unspecified atom stereocenters. The van der Waals surface area contributed by atoms with E-state index in [1.165, 1.54) is 7.11 Å². The van der Waals surface area contributed by atoms with Crippen LogP contribution in [0, 0.1) is 0 Å². The number of likely N-dealkylation sites (N-methyl/N-ethyl adjacent to an activating group) is 1. The van der Waals surface area contributed by atoms with Crippen molar-refractivity contribution in [2.24, 2.45) is 0 Å². The lowest BCUT2D eigenvalue weighted by Crippen LogP contribution is -2.25. The molecule has 0 aliphatic rings. The number of esters is 1. The summed E-state index contributed by atoms with van der Waals surface area (Å²) in [5.74, 6) is 0.651. The smallest absolute Gasteiger partial charge is 0.305 e. The molecule has 1 rings (SSSR count). The van der Waals surface area contributed by atoms with E-state index >= 15 is 0 Å². The molecule has 0 amide bonds. The Kier molecular flexibility index (Phi) is 7.30. The van der Waals surface area contributed by atoms with E-state index in [1.54, 1.807) is 12.1 Å². The maximum Gasteiger partial charge on any atom is 0.305 e. The summed E-state index contributed by atoms with van der Waals surface area (Å²) in [5, 5.41) is 0.701. The van der Waals surface area contributed by atoms with E-state index < -0.39 is 0 Å². The number of benzene rings is 1. The van der Waals surface area contributed by atoms with Gasteiger partial charge < -0.3 is 14.4 Å². The second-order valence-electron chi connectivity index (χ2n) is 4.29. The second-order valence-corrected chi connectivity index (χ2v) is 4.72. The van der Waals surface area contributed by atoms with Crippen molar-refractivity contribution in [2.75, 3.05) is 33.9 Å². The van der Waals surface area contributed by atoms with Crippen molar-refractivity contribution in [3.8, 4) is 5.75 Å². The van der Waals surface area contributed by atoms with Gasteiger partial charge in [-0.1, -0.05) is 11.6 Å². The van der Waals surface area contributed by atoms with Crippen molar-refractivity contribution in [3.05, 3.63) is 29.3 Å². The molecule has 0 heterocycles. The molecule has 0 aliphatic heterocycles. The number of carbonyl (C=O) groups excluding carboxylic acids is 1. The van der Waals surface area contributed by atoms with Gasteiger partial charge in [-0.05, 0) is 44.3 Å². The average molecular weight is 286 g/mol. The lowest BCUT2D eigenvalue weighted by molar-refractivity contribution is -0.140. The number of nitrogens with zero attached hydrogens (tertiary/aromatic N) is 1. The fourth-order valence-corrected chi connectivity index (χ4v) is 1.68. The minimum Gasteiger partial charge on any atom is -0.492 e. The molecular formula is C14H20ClNO3. The van der Waals surface area contributed by atoms with E-state index in [-0.39, 0.29) is 5.97 Å². The number of ether oxygens (including phenoxy) is 2. The predicted molar refractivity (Wildman–Crippen MR) is 75.7 cm³/mol. The summed E-state index contributed by atoms with van der Waals surface area (Å²) in [6.07, 6.45) is 1.25. The summed E-state index contributed by atoms with van der Waals surface area (Å²) in [7, 11) is 3.41. The van der Waals surface area contributed by atoms with Crippen LogP contribution < -0.4 is 4.74 Å². The zero-order chi connectivity index (χ0) is 14.1. The number of methoxy groups -OCH3 is 1. The van der Waals surface area contributed by atoms with Crippen LogP contribution >= 0.6 is 11.6 Å². The van der Waals surface area contributed by atoms with Gasteiger partial charge >= 0.3 is 5.97 Å². The zero-order valence-corrected chi connectivity index (χ0v) is 12.2. The minimum atomic E-state index is -0.161. The summed E-state index contributed by atoms with van der Waals surface area (Å²) in [6, 6.07) is 7.30. The third-order valence-corrected chi connectivity index (χ3v) is 2.96. The zero-order valence-electron chi connectivity index (χ0n) is 11.4. The van der Waals surface area contributed by atoms with Gasteiger partial charge in [0.15, 0.2) is 0 Å². The molecule has 0 aromatic heterocycles. The van der Waals surface area contributed by atoms with Gasteiger partial charge in [0.1, 0.15) is 12.4 Å². The normalized spacial score (nSPS) is 10.5. The highest BCUT2D eigenvalue weighted by Gasteiger charge is 2.03. The van der Waals surface area contributed by atoms with Crippen molar-refractivity contribution >= 4 is 17.6 Å². The first-order chi connectivity index (χ1) is 9.11. The SMILES string of the molecule is COC(=O)CCCN(C)CCOc1ccc(Cl)cc1. The first-order valence-electron chi connectivity index (χ1n) is 6.25. The Labute approximate surface area is 119 Å². The Balaban J connectivity index is 2.11.